The number of carbonyl (C=O) groups excluding carboxylic acids is 3. The van der Waals surface area contributed by atoms with E-state index in [4.69, 9.17) is 15.3 Å². The molecular formula is C30H21EuF9O6. The number of hydrogen-bond acceptors (Lipinski definition) is 6. The van der Waals surface area contributed by atoms with E-state index in [-0.39, 0.29) is 84.3 Å². The monoisotopic (exact) mass is 801 g/mol. The normalized spacial score (nSPS) is 12.3. The van der Waals surface area contributed by atoms with Gasteiger partial charge in [-0.2, -0.15) is 39.5 Å². The summed E-state index contributed by atoms with van der Waals surface area (Å²) in [5.74, 6) is -8.33. The minimum atomic E-state index is -4.88. The Morgan fingerprint density at radius 2 is 0.587 bits per heavy atom. The summed E-state index contributed by atoms with van der Waals surface area (Å²) in [5.41, 5.74) is 0.273. The van der Waals surface area contributed by atoms with Crippen molar-refractivity contribution in [3.05, 3.63) is 143 Å². The summed E-state index contributed by atoms with van der Waals surface area (Å²) < 4.78 is 107. The second-order valence-electron chi connectivity index (χ2n) is 8.27. The molecule has 0 aliphatic rings. The van der Waals surface area contributed by atoms with E-state index in [1.165, 1.54) is 72.8 Å². The molecule has 0 saturated carbocycles. The van der Waals surface area contributed by atoms with Gasteiger partial charge in [-0.25, -0.2) is 0 Å². The second kappa shape index (κ2) is 19.0. The topological polar surface area (TPSA) is 112 Å². The molecule has 0 aliphatic heterocycles. The van der Waals surface area contributed by atoms with Gasteiger partial charge in [0.2, 0.25) is 17.3 Å². The molecule has 0 fully saturated rings. The molecule has 16 heteroatoms. The van der Waals surface area contributed by atoms with Crippen molar-refractivity contribution in [2.24, 2.45) is 0 Å². The molecule has 46 heavy (non-hydrogen) atoms. The van der Waals surface area contributed by atoms with Crippen molar-refractivity contribution in [2.45, 2.75) is 18.5 Å². The van der Waals surface area contributed by atoms with Gasteiger partial charge in [-0.05, 0) is 0 Å². The minimum absolute atomic E-state index is 0. The summed E-state index contributed by atoms with van der Waals surface area (Å²) >= 11 is 0. The molecule has 1 radical (unpaired) electrons. The maximum atomic E-state index is 11.9. The summed E-state index contributed by atoms with van der Waals surface area (Å²) in [6.45, 7) is 0. The molecule has 0 atom stereocenters. The molecule has 0 saturated heterocycles. The van der Waals surface area contributed by atoms with Gasteiger partial charge in [-0.3, -0.25) is 14.4 Å². The van der Waals surface area contributed by atoms with E-state index in [1.54, 1.807) is 18.2 Å². The van der Waals surface area contributed by atoms with Crippen LogP contribution < -0.4 is 0 Å². The molecule has 3 N–H and O–H groups in total. The van der Waals surface area contributed by atoms with Crippen LogP contribution in [-0.2, 0) is 0 Å². The first-order chi connectivity index (χ1) is 20.7. The average molecular weight is 800 g/mol. The third-order valence-corrected chi connectivity index (χ3v) is 4.85. The third-order valence-electron chi connectivity index (χ3n) is 4.85. The predicted molar refractivity (Wildman–Crippen MR) is 143 cm³/mol. The molecule has 3 aromatic rings. The van der Waals surface area contributed by atoms with Crippen molar-refractivity contribution < 1.29 is 119 Å². The van der Waals surface area contributed by atoms with Gasteiger partial charge in [0.1, 0.15) is 0 Å². The number of hydrogen-bond donors (Lipinski definition) is 3. The molecule has 0 aliphatic carbocycles. The van der Waals surface area contributed by atoms with E-state index >= 15 is 0 Å². The maximum Gasteiger partial charge on any atom is 0.448 e. The fraction of sp³-hybridized carbons (Fsp3) is 0.100. The first kappa shape index (κ1) is 42.2. The molecule has 0 aromatic heterocycles. The number of benzene rings is 3. The number of allylic oxidation sites excluding steroid dienone is 6. The van der Waals surface area contributed by atoms with Crippen LogP contribution in [0.15, 0.2) is 127 Å². The van der Waals surface area contributed by atoms with Crippen LogP contribution >= 0.6 is 0 Å². The van der Waals surface area contributed by atoms with Crippen LogP contribution in [0.25, 0.3) is 0 Å². The number of halogens is 9. The fourth-order valence-corrected chi connectivity index (χ4v) is 2.68. The van der Waals surface area contributed by atoms with Gasteiger partial charge in [0.05, 0.1) is 0 Å². The Kier molecular flexibility index (Phi) is 17.5. The molecule has 3 aromatic carbocycles. The Balaban J connectivity index is 0.000000653. The van der Waals surface area contributed by atoms with Gasteiger partial charge in [-0.15, -0.1) is 0 Å². The smallest absolute Gasteiger partial charge is 0.448 e. The molecular weight excluding hydrogens is 779 g/mol. The number of carbonyl (C=O) groups is 3. The van der Waals surface area contributed by atoms with Gasteiger partial charge >= 0.3 is 18.5 Å². The average Bonchev–Trinajstić information content (AvgIpc) is 2.97. The Hall–Kier alpha value is -3.76. The fourth-order valence-electron chi connectivity index (χ4n) is 2.68. The van der Waals surface area contributed by atoms with E-state index in [1.807, 2.05) is 0 Å². The van der Waals surface area contributed by atoms with Gasteiger partial charge in [-0.1, -0.05) is 91.0 Å². The Bertz CT molecular complexity index is 1330. The van der Waals surface area contributed by atoms with E-state index in [9.17, 15) is 53.9 Å². The van der Waals surface area contributed by atoms with Crippen LogP contribution in [0.4, 0.5) is 39.5 Å². The standard InChI is InChI=1S/3C10H7F3O2.Eu/c3*11-10(12,13)9(15)6-8(14)7-4-2-1-3-5-7;/h3*1-6,15H;/b3*9-6-;. The van der Waals surface area contributed by atoms with Crippen molar-refractivity contribution in [1.82, 2.24) is 0 Å². The SMILES string of the molecule is O=C(/C=C(\O)C(F)(F)F)c1ccccc1.O=C(/C=C(\O)C(F)(F)F)c1ccccc1.O=C(/C=C(\O)C(F)(F)F)c1ccccc1.[Eu]. The predicted octanol–water partition coefficient (Wildman–Crippen LogP) is 8.62. The number of rotatable bonds is 6. The van der Waals surface area contributed by atoms with Crippen LogP contribution in [0.3, 0.4) is 0 Å². The van der Waals surface area contributed by atoms with Crippen LogP contribution in [0.5, 0.6) is 0 Å². The zero-order valence-corrected chi connectivity index (χ0v) is 25.2. The van der Waals surface area contributed by atoms with Gasteiger partial charge in [0.15, 0.2) is 17.3 Å². The van der Waals surface area contributed by atoms with E-state index < -0.39 is 53.2 Å². The number of alkyl halides is 9. The molecule has 3 rings (SSSR count). The minimum Gasteiger partial charge on any atom is -0.504 e. The van der Waals surface area contributed by atoms with E-state index in [0.29, 0.717) is 0 Å². The van der Waals surface area contributed by atoms with Crippen molar-refractivity contribution in [3.63, 3.8) is 0 Å². The van der Waals surface area contributed by atoms with Crippen LogP contribution in [0.1, 0.15) is 31.1 Å². The molecule has 247 valence electrons. The number of aliphatic hydroxyl groups excluding tert-OH is 3. The summed E-state index contributed by atoms with van der Waals surface area (Å²) in [4.78, 5) is 33.5. The van der Waals surface area contributed by atoms with Crippen molar-refractivity contribution in [3.8, 4) is 0 Å². The van der Waals surface area contributed by atoms with E-state index in [0.717, 1.165) is 0 Å². The molecule has 0 heterocycles. The quantitative estimate of drug-likeness (QED) is 0.0997. The van der Waals surface area contributed by atoms with Gasteiger partial charge in [0, 0.05) is 84.3 Å². The summed E-state index contributed by atoms with van der Waals surface area (Å²) in [6.07, 6.45) is -14.2. The zero-order valence-electron chi connectivity index (χ0n) is 22.7. The maximum absolute atomic E-state index is 11.9. The van der Waals surface area contributed by atoms with Crippen molar-refractivity contribution >= 4 is 17.3 Å². The van der Waals surface area contributed by atoms with Crippen LogP contribution in [0, 0.1) is 49.4 Å². The third kappa shape index (κ3) is 16.0. The van der Waals surface area contributed by atoms with Crippen molar-refractivity contribution in [2.75, 3.05) is 0 Å². The van der Waals surface area contributed by atoms with Crippen LogP contribution in [-0.4, -0.2) is 51.2 Å². The van der Waals surface area contributed by atoms with Crippen LogP contribution in [0.2, 0.25) is 0 Å². The number of aliphatic hydroxyl groups is 3. The molecule has 0 bridgehead atoms. The number of ketones is 3. The first-order valence-corrected chi connectivity index (χ1v) is 11.9. The Labute approximate surface area is 295 Å². The Morgan fingerprint density at radius 1 is 0.413 bits per heavy atom. The summed E-state index contributed by atoms with van der Waals surface area (Å²) in [7, 11) is 0. The first-order valence-electron chi connectivity index (χ1n) is 11.9. The summed E-state index contributed by atoms with van der Waals surface area (Å²) in [6, 6.07) is 22.2. The molecule has 0 spiro atoms. The molecule has 6 nitrogen and oxygen atoms in total. The molecule has 0 unspecified atom stereocenters. The second-order valence-corrected chi connectivity index (χ2v) is 8.27. The largest absolute Gasteiger partial charge is 0.504 e. The Morgan fingerprint density at radius 3 is 0.739 bits per heavy atom. The van der Waals surface area contributed by atoms with Crippen molar-refractivity contribution in [1.29, 1.82) is 0 Å². The van der Waals surface area contributed by atoms with Gasteiger partial charge in [0.25, 0.3) is 0 Å². The van der Waals surface area contributed by atoms with Gasteiger partial charge < -0.3 is 15.3 Å². The van der Waals surface area contributed by atoms with E-state index in [2.05, 4.69) is 0 Å². The summed E-state index contributed by atoms with van der Waals surface area (Å²) in [5, 5.41) is 25.6. The zero-order chi connectivity index (χ0) is 34.4. The molecule has 0 amide bonds.